The number of anilines is 1. The lowest BCUT2D eigenvalue weighted by molar-refractivity contribution is 0.0804. The fourth-order valence-corrected chi connectivity index (χ4v) is 2.95. The Kier molecular flexibility index (Phi) is 6.11. The van der Waals surface area contributed by atoms with Crippen molar-refractivity contribution in [3.05, 3.63) is 44.9 Å². The number of amides is 1. The Morgan fingerprint density at radius 3 is 2.60 bits per heavy atom. The van der Waals surface area contributed by atoms with E-state index in [-0.39, 0.29) is 26.6 Å². The Morgan fingerprint density at radius 2 is 2.04 bits per heavy atom. The molecule has 1 amide bonds. The monoisotopic (exact) mass is 431 g/mol. The van der Waals surface area contributed by atoms with Crippen molar-refractivity contribution in [2.75, 3.05) is 5.32 Å². The second-order valence-corrected chi connectivity index (χ2v) is 7.01. The van der Waals surface area contributed by atoms with Gasteiger partial charge >= 0.3 is 7.82 Å². The SMILES string of the molecule is CC(OP(=O)(O)O)n1nc(Cl)c(Cl)c1C(=O)Nc1ccc(F)cc1Cl. The van der Waals surface area contributed by atoms with Crippen LogP contribution in [-0.4, -0.2) is 25.5 Å². The maximum absolute atomic E-state index is 13.1. The van der Waals surface area contributed by atoms with Crippen LogP contribution in [0, 0.1) is 5.82 Å². The number of hydrogen-bond acceptors (Lipinski definition) is 4. The second kappa shape index (κ2) is 7.59. The van der Waals surface area contributed by atoms with E-state index in [0.717, 1.165) is 16.8 Å². The molecule has 0 bridgehead atoms. The van der Waals surface area contributed by atoms with Gasteiger partial charge in [0.25, 0.3) is 5.91 Å². The second-order valence-electron chi connectivity index (χ2n) is 4.67. The summed E-state index contributed by atoms with van der Waals surface area (Å²) >= 11 is 17.5. The molecule has 0 aliphatic rings. The minimum absolute atomic E-state index is 0.0684. The summed E-state index contributed by atoms with van der Waals surface area (Å²) in [5, 5.41) is 5.48. The summed E-state index contributed by atoms with van der Waals surface area (Å²) in [5.74, 6) is -1.45. The lowest BCUT2D eigenvalue weighted by Crippen LogP contribution is -2.21. The Balaban J connectivity index is 2.37. The molecule has 1 heterocycles. The van der Waals surface area contributed by atoms with Gasteiger partial charge in [-0.05, 0) is 25.1 Å². The van der Waals surface area contributed by atoms with Crippen molar-refractivity contribution in [1.29, 1.82) is 0 Å². The highest BCUT2D eigenvalue weighted by atomic mass is 35.5. The quantitative estimate of drug-likeness (QED) is 0.618. The molecule has 2 rings (SSSR count). The standard InChI is InChI=1S/C12H10Cl3FN3O5P/c1-5(24-25(21,22)23)19-10(9(14)11(15)18-19)12(20)17-8-3-2-6(16)4-7(8)13/h2-5H,1H3,(H,17,20)(H2,21,22,23). The van der Waals surface area contributed by atoms with Gasteiger partial charge in [-0.1, -0.05) is 34.8 Å². The van der Waals surface area contributed by atoms with Crippen molar-refractivity contribution in [2.45, 2.75) is 13.2 Å². The topological polar surface area (TPSA) is 114 Å². The third kappa shape index (κ3) is 4.92. The first-order valence-corrected chi connectivity index (χ1v) is 9.10. The summed E-state index contributed by atoms with van der Waals surface area (Å²) in [5.41, 5.74) is -0.246. The number of hydrogen-bond donors (Lipinski definition) is 3. The number of rotatable bonds is 5. The van der Waals surface area contributed by atoms with Crippen LogP contribution in [-0.2, 0) is 9.09 Å². The molecule has 1 atom stereocenters. The van der Waals surface area contributed by atoms with E-state index in [0.29, 0.717) is 0 Å². The first-order chi connectivity index (χ1) is 11.5. The van der Waals surface area contributed by atoms with Crippen LogP contribution in [0.5, 0.6) is 0 Å². The molecule has 1 aromatic heterocycles. The van der Waals surface area contributed by atoms with Gasteiger partial charge in [-0.25, -0.2) is 13.6 Å². The van der Waals surface area contributed by atoms with Gasteiger partial charge in [0.1, 0.15) is 16.5 Å². The molecule has 25 heavy (non-hydrogen) atoms. The highest BCUT2D eigenvalue weighted by Gasteiger charge is 2.29. The zero-order valence-electron chi connectivity index (χ0n) is 12.3. The van der Waals surface area contributed by atoms with Crippen LogP contribution in [0.2, 0.25) is 15.2 Å². The Bertz CT molecular complexity index is 872. The highest BCUT2D eigenvalue weighted by Crippen LogP contribution is 2.41. The van der Waals surface area contributed by atoms with Gasteiger partial charge in [-0.15, -0.1) is 0 Å². The van der Waals surface area contributed by atoms with E-state index in [1.807, 2.05) is 0 Å². The van der Waals surface area contributed by atoms with Gasteiger partial charge in [0.05, 0.1) is 10.7 Å². The zero-order chi connectivity index (χ0) is 18.9. The molecule has 1 unspecified atom stereocenters. The van der Waals surface area contributed by atoms with Gasteiger partial charge in [0, 0.05) is 0 Å². The molecule has 0 aliphatic carbocycles. The molecule has 136 valence electrons. The summed E-state index contributed by atoms with van der Waals surface area (Å²) in [6, 6.07) is 3.29. The van der Waals surface area contributed by atoms with Crippen LogP contribution in [0.3, 0.4) is 0 Å². The maximum atomic E-state index is 13.1. The summed E-state index contributed by atoms with van der Waals surface area (Å²) in [4.78, 5) is 30.2. The van der Waals surface area contributed by atoms with E-state index >= 15 is 0 Å². The van der Waals surface area contributed by atoms with E-state index in [4.69, 9.17) is 44.6 Å². The average molecular weight is 433 g/mol. The molecular formula is C12H10Cl3FN3O5P. The Hall–Kier alpha value is -1.19. The molecular weight excluding hydrogens is 422 g/mol. The number of carbonyl (C=O) groups is 1. The smallest absolute Gasteiger partial charge is 0.319 e. The Morgan fingerprint density at radius 1 is 1.40 bits per heavy atom. The van der Waals surface area contributed by atoms with Gasteiger partial charge in [0.15, 0.2) is 11.4 Å². The fraction of sp³-hybridized carbons (Fsp3) is 0.167. The molecule has 8 nitrogen and oxygen atoms in total. The van der Waals surface area contributed by atoms with E-state index in [9.17, 15) is 13.8 Å². The number of carbonyl (C=O) groups excluding carboxylic acids is 1. The van der Waals surface area contributed by atoms with Crippen molar-refractivity contribution in [3.8, 4) is 0 Å². The normalized spacial score (nSPS) is 12.9. The summed E-state index contributed by atoms with van der Waals surface area (Å²) in [6.45, 7) is 1.22. The van der Waals surface area contributed by atoms with Gasteiger partial charge in [-0.2, -0.15) is 5.10 Å². The molecule has 2 aromatic rings. The van der Waals surface area contributed by atoms with Crippen molar-refractivity contribution in [2.24, 2.45) is 0 Å². The molecule has 0 aliphatic heterocycles. The molecule has 13 heteroatoms. The lowest BCUT2D eigenvalue weighted by atomic mass is 10.3. The van der Waals surface area contributed by atoms with Crippen LogP contribution in [0.25, 0.3) is 0 Å². The van der Waals surface area contributed by atoms with E-state index in [1.165, 1.54) is 13.0 Å². The number of nitrogens with zero attached hydrogens (tertiary/aromatic N) is 2. The van der Waals surface area contributed by atoms with Gasteiger partial charge in [-0.3, -0.25) is 9.32 Å². The predicted octanol–water partition coefficient (Wildman–Crippen LogP) is 3.86. The molecule has 0 saturated carbocycles. The van der Waals surface area contributed by atoms with E-state index in [2.05, 4.69) is 14.9 Å². The van der Waals surface area contributed by atoms with Crippen LogP contribution in [0.1, 0.15) is 23.6 Å². The van der Waals surface area contributed by atoms with Crippen molar-refractivity contribution in [1.82, 2.24) is 9.78 Å². The zero-order valence-corrected chi connectivity index (χ0v) is 15.4. The average Bonchev–Trinajstić information content (AvgIpc) is 2.76. The van der Waals surface area contributed by atoms with E-state index in [1.54, 1.807) is 0 Å². The van der Waals surface area contributed by atoms with Crippen LogP contribution >= 0.6 is 42.6 Å². The molecule has 0 fully saturated rings. The van der Waals surface area contributed by atoms with Crippen LogP contribution < -0.4 is 5.32 Å². The third-order valence-corrected chi connectivity index (χ3v) is 4.45. The molecule has 1 aromatic carbocycles. The van der Waals surface area contributed by atoms with E-state index < -0.39 is 25.8 Å². The fourth-order valence-electron chi connectivity index (χ4n) is 1.87. The molecule has 0 radical (unpaired) electrons. The minimum Gasteiger partial charge on any atom is -0.319 e. The van der Waals surface area contributed by atoms with Crippen molar-refractivity contribution < 1.29 is 28.1 Å². The maximum Gasteiger partial charge on any atom is 0.471 e. The third-order valence-electron chi connectivity index (χ3n) is 2.84. The first kappa shape index (κ1) is 20.1. The first-order valence-electron chi connectivity index (χ1n) is 6.43. The van der Waals surface area contributed by atoms with Gasteiger partial charge in [0.2, 0.25) is 0 Å². The molecule has 0 spiro atoms. The highest BCUT2D eigenvalue weighted by molar-refractivity contribution is 7.46. The van der Waals surface area contributed by atoms with Gasteiger partial charge < -0.3 is 15.1 Å². The van der Waals surface area contributed by atoms with Crippen molar-refractivity contribution in [3.63, 3.8) is 0 Å². The number of halogens is 4. The summed E-state index contributed by atoms with van der Waals surface area (Å²) in [7, 11) is -4.86. The summed E-state index contributed by atoms with van der Waals surface area (Å²) in [6.07, 6.45) is -1.37. The number of aromatic nitrogens is 2. The minimum atomic E-state index is -4.86. The molecule has 0 saturated heterocycles. The van der Waals surface area contributed by atoms with Crippen LogP contribution in [0.4, 0.5) is 10.1 Å². The lowest BCUT2D eigenvalue weighted by Gasteiger charge is -2.16. The number of phosphoric acid groups is 1. The summed E-state index contributed by atoms with van der Waals surface area (Å²) < 4.78 is 29.3. The Labute approximate surface area is 155 Å². The number of nitrogens with one attached hydrogen (secondary N) is 1. The molecule has 3 N–H and O–H groups in total. The number of benzene rings is 1. The largest absolute Gasteiger partial charge is 0.471 e. The van der Waals surface area contributed by atoms with Crippen LogP contribution in [0.15, 0.2) is 18.2 Å². The number of phosphoric ester groups is 1. The van der Waals surface area contributed by atoms with Crippen molar-refractivity contribution >= 4 is 54.2 Å². The predicted molar refractivity (Wildman–Crippen MR) is 89.5 cm³/mol.